The zero-order valence-electron chi connectivity index (χ0n) is 14.6. The Labute approximate surface area is 161 Å². The lowest BCUT2D eigenvalue weighted by molar-refractivity contribution is 0.0949. The number of thiophene rings is 1. The van der Waals surface area contributed by atoms with Crippen LogP contribution in [0.25, 0.3) is 10.9 Å². The quantitative estimate of drug-likeness (QED) is 0.519. The number of carbonyl (C=O) groups is 1. The highest BCUT2D eigenvalue weighted by Crippen LogP contribution is 2.29. The lowest BCUT2D eigenvalue weighted by atomic mass is 10.1. The van der Waals surface area contributed by atoms with Gasteiger partial charge in [0.05, 0.1) is 15.3 Å². The first kappa shape index (κ1) is 18.1. The number of nitrogens with one attached hydrogen (secondary N) is 2. The number of fused-ring (bicyclic) bond motifs is 2. The second kappa shape index (κ2) is 7.38. The number of rotatable bonds is 4. The highest BCUT2D eigenvalue weighted by atomic mass is 32.2. The smallest absolute Gasteiger partial charge is 0.273 e. The van der Waals surface area contributed by atoms with Gasteiger partial charge in [0, 0.05) is 16.5 Å². The molecular weight excluding hydrogens is 382 g/mol. The summed E-state index contributed by atoms with van der Waals surface area (Å²) < 4.78 is 25.3. The van der Waals surface area contributed by atoms with Crippen molar-refractivity contribution in [2.45, 2.75) is 37.0 Å². The van der Waals surface area contributed by atoms with Crippen molar-refractivity contribution in [2.24, 2.45) is 0 Å². The lowest BCUT2D eigenvalue weighted by Crippen LogP contribution is -2.41. The number of hydrogen-bond donors (Lipinski definition) is 2. The number of carbonyl (C=O) groups excluding carboxylic acids is 1. The number of nitrogens with zero attached hydrogens (tertiary/aromatic N) is 1. The van der Waals surface area contributed by atoms with Crippen LogP contribution in [0.3, 0.4) is 0 Å². The Balaban J connectivity index is 1.53. The first-order valence-corrected chi connectivity index (χ1v) is 11.1. The van der Waals surface area contributed by atoms with Gasteiger partial charge in [-0.05, 0) is 61.6 Å². The average Bonchev–Trinajstić information content (AvgIpc) is 2.96. The van der Waals surface area contributed by atoms with Crippen molar-refractivity contribution in [3.8, 4) is 0 Å². The molecule has 4 rings (SSSR count). The van der Waals surface area contributed by atoms with Gasteiger partial charge in [-0.25, -0.2) is 8.42 Å². The molecule has 0 aliphatic heterocycles. The third kappa shape index (κ3) is 3.73. The molecule has 2 aromatic heterocycles. The van der Waals surface area contributed by atoms with Gasteiger partial charge in [-0.3, -0.25) is 15.2 Å². The molecule has 0 radical (unpaired) electrons. The molecule has 0 bridgehead atoms. The highest BCUT2D eigenvalue weighted by Gasteiger charge is 2.21. The predicted molar refractivity (Wildman–Crippen MR) is 105 cm³/mol. The maximum atomic E-state index is 12.7. The Morgan fingerprint density at radius 3 is 2.81 bits per heavy atom. The number of hydrazine groups is 1. The van der Waals surface area contributed by atoms with E-state index in [1.807, 2.05) is 6.07 Å². The number of aromatic nitrogens is 1. The van der Waals surface area contributed by atoms with E-state index in [0.717, 1.165) is 25.7 Å². The molecule has 0 fully saturated rings. The number of pyridine rings is 1. The molecule has 27 heavy (non-hydrogen) atoms. The summed E-state index contributed by atoms with van der Waals surface area (Å²) in [4.78, 5) is 20.7. The average molecular weight is 402 g/mol. The minimum absolute atomic E-state index is 0.0790. The van der Waals surface area contributed by atoms with E-state index in [0.29, 0.717) is 15.8 Å². The molecule has 0 unspecified atom stereocenters. The second-order valence-corrected chi connectivity index (χ2v) is 9.29. The van der Waals surface area contributed by atoms with Gasteiger partial charge in [-0.2, -0.15) is 0 Å². The molecule has 6 nitrogen and oxygen atoms in total. The van der Waals surface area contributed by atoms with Crippen molar-refractivity contribution < 1.29 is 13.2 Å². The standard InChI is InChI=1S/C19H19N3O3S2/c23-19(17-12-13-6-2-1-3-9-16(13)26-17)21-22-27(24,25)18-10-4-8-15-14(18)7-5-11-20-15/h4-5,7-8,10-12,22H,1-3,6,9H2,(H,21,23). The molecular formula is C19H19N3O3S2. The maximum absolute atomic E-state index is 12.7. The molecule has 1 aromatic carbocycles. The molecule has 2 heterocycles. The van der Waals surface area contributed by atoms with E-state index in [2.05, 4.69) is 15.2 Å². The first-order chi connectivity index (χ1) is 13.0. The first-order valence-electron chi connectivity index (χ1n) is 8.82. The Bertz CT molecular complexity index is 1080. The van der Waals surface area contributed by atoms with Crippen molar-refractivity contribution in [3.63, 3.8) is 0 Å². The summed E-state index contributed by atoms with van der Waals surface area (Å²) in [5, 5.41) is 0.504. The van der Waals surface area contributed by atoms with Gasteiger partial charge in [0.25, 0.3) is 15.9 Å². The zero-order valence-corrected chi connectivity index (χ0v) is 16.2. The van der Waals surface area contributed by atoms with E-state index in [4.69, 9.17) is 0 Å². The molecule has 0 saturated carbocycles. The van der Waals surface area contributed by atoms with Crippen molar-refractivity contribution in [1.29, 1.82) is 0 Å². The van der Waals surface area contributed by atoms with E-state index in [1.54, 1.807) is 30.5 Å². The maximum Gasteiger partial charge on any atom is 0.276 e. The summed E-state index contributed by atoms with van der Waals surface area (Å²) >= 11 is 1.45. The van der Waals surface area contributed by atoms with Gasteiger partial charge in [-0.1, -0.05) is 12.5 Å². The molecule has 8 heteroatoms. The van der Waals surface area contributed by atoms with Crippen LogP contribution in [0.2, 0.25) is 0 Å². The molecule has 1 aliphatic carbocycles. The summed E-state index contributed by atoms with van der Waals surface area (Å²) in [5.74, 6) is -0.435. The zero-order chi connectivity index (χ0) is 18.9. The van der Waals surface area contributed by atoms with Gasteiger partial charge in [0.2, 0.25) is 0 Å². The van der Waals surface area contributed by atoms with E-state index in [1.165, 1.54) is 34.3 Å². The van der Waals surface area contributed by atoms with Gasteiger partial charge >= 0.3 is 0 Å². The Kier molecular flexibility index (Phi) is 4.94. The Morgan fingerprint density at radius 2 is 1.93 bits per heavy atom. The third-order valence-electron chi connectivity index (χ3n) is 4.66. The Hall–Kier alpha value is -2.29. The summed E-state index contributed by atoms with van der Waals surface area (Å²) in [6, 6.07) is 10.1. The summed E-state index contributed by atoms with van der Waals surface area (Å²) in [5.41, 5.74) is 4.13. The summed E-state index contributed by atoms with van der Waals surface area (Å²) in [6.45, 7) is 0. The van der Waals surface area contributed by atoms with Crippen LogP contribution in [0, 0.1) is 0 Å². The Morgan fingerprint density at radius 1 is 1.07 bits per heavy atom. The van der Waals surface area contributed by atoms with Crippen LogP contribution in [-0.2, 0) is 22.9 Å². The van der Waals surface area contributed by atoms with Gasteiger partial charge < -0.3 is 0 Å². The predicted octanol–water partition coefficient (Wildman–Crippen LogP) is 3.19. The van der Waals surface area contributed by atoms with E-state index >= 15 is 0 Å². The van der Waals surface area contributed by atoms with E-state index in [-0.39, 0.29) is 4.90 Å². The van der Waals surface area contributed by atoms with E-state index < -0.39 is 15.9 Å². The molecule has 0 saturated heterocycles. The van der Waals surface area contributed by atoms with Crippen LogP contribution in [-0.4, -0.2) is 19.3 Å². The number of amides is 1. The molecule has 1 amide bonds. The van der Waals surface area contributed by atoms with Crippen LogP contribution < -0.4 is 10.3 Å². The highest BCUT2D eigenvalue weighted by molar-refractivity contribution is 7.89. The van der Waals surface area contributed by atoms with Crippen molar-refractivity contribution in [3.05, 3.63) is 57.9 Å². The molecule has 2 N–H and O–H groups in total. The van der Waals surface area contributed by atoms with Gasteiger partial charge in [0.1, 0.15) is 0 Å². The molecule has 0 atom stereocenters. The number of benzene rings is 1. The lowest BCUT2D eigenvalue weighted by Gasteiger charge is -2.09. The minimum atomic E-state index is -3.92. The third-order valence-corrected chi connectivity index (χ3v) is 7.21. The SMILES string of the molecule is O=C(NNS(=O)(=O)c1cccc2ncccc12)c1cc2c(s1)CCCCC2. The van der Waals surface area contributed by atoms with Crippen LogP contribution in [0.4, 0.5) is 0 Å². The molecule has 3 aromatic rings. The summed E-state index contributed by atoms with van der Waals surface area (Å²) in [7, 11) is -3.92. The van der Waals surface area contributed by atoms with Crippen molar-refractivity contribution in [2.75, 3.05) is 0 Å². The number of aryl methyl sites for hydroxylation is 2. The normalized spacial score (nSPS) is 14.5. The van der Waals surface area contributed by atoms with Crippen LogP contribution in [0.5, 0.6) is 0 Å². The fraction of sp³-hybridized carbons (Fsp3) is 0.263. The van der Waals surface area contributed by atoms with Crippen LogP contribution in [0.1, 0.15) is 39.4 Å². The molecule has 140 valence electrons. The monoisotopic (exact) mass is 401 g/mol. The fourth-order valence-corrected chi connectivity index (χ4v) is 5.52. The fourth-order valence-electron chi connectivity index (χ4n) is 3.32. The molecule has 1 aliphatic rings. The van der Waals surface area contributed by atoms with Crippen molar-refractivity contribution >= 4 is 38.2 Å². The number of hydrogen-bond acceptors (Lipinski definition) is 5. The molecule has 0 spiro atoms. The largest absolute Gasteiger partial charge is 0.276 e. The summed E-state index contributed by atoms with van der Waals surface area (Å²) in [6.07, 6.45) is 7.05. The van der Waals surface area contributed by atoms with Gasteiger partial charge in [-0.15, -0.1) is 16.2 Å². The van der Waals surface area contributed by atoms with Crippen molar-refractivity contribution in [1.82, 2.24) is 15.2 Å². The van der Waals surface area contributed by atoms with E-state index in [9.17, 15) is 13.2 Å². The van der Waals surface area contributed by atoms with Crippen LogP contribution >= 0.6 is 11.3 Å². The second-order valence-electron chi connectivity index (χ2n) is 6.51. The minimum Gasteiger partial charge on any atom is -0.273 e. The van der Waals surface area contributed by atoms with Crippen LogP contribution in [0.15, 0.2) is 47.5 Å². The number of sulfonamides is 1. The van der Waals surface area contributed by atoms with Gasteiger partial charge in [0.15, 0.2) is 0 Å². The topological polar surface area (TPSA) is 88.2 Å².